The van der Waals surface area contributed by atoms with Gasteiger partial charge in [-0.25, -0.2) is 0 Å². The third-order valence-corrected chi connectivity index (χ3v) is 2.52. The van der Waals surface area contributed by atoms with E-state index in [9.17, 15) is 0 Å². The van der Waals surface area contributed by atoms with Crippen LogP contribution in [0.25, 0.3) is 11.3 Å². The fourth-order valence-electron chi connectivity index (χ4n) is 1.58. The van der Waals surface area contributed by atoms with Gasteiger partial charge in [-0.2, -0.15) is 0 Å². The highest BCUT2D eigenvalue weighted by Crippen LogP contribution is 2.19. The SMILES string of the molecule is CCCNc1ccc(-c2ccncc2C)nn1. The third-order valence-electron chi connectivity index (χ3n) is 2.52. The van der Waals surface area contributed by atoms with Crippen molar-refractivity contribution in [3.8, 4) is 11.3 Å². The number of anilines is 1. The number of hydrogen-bond donors (Lipinski definition) is 1. The Morgan fingerprint density at radius 1 is 1.18 bits per heavy atom. The van der Waals surface area contributed by atoms with Gasteiger partial charge in [0, 0.05) is 24.5 Å². The Morgan fingerprint density at radius 2 is 2.06 bits per heavy atom. The van der Waals surface area contributed by atoms with E-state index in [0.717, 1.165) is 35.6 Å². The van der Waals surface area contributed by atoms with Crippen molar-refractivity contribution < 1.29 is 0 Å². The quantitative estimate of drug-likeness (QED) is 0.874. The molecule has 0 spiro atoms. The number of aryl methyl sites for hydroxylation is 1. The van der Waals surface area contributed by atoms with E-state index in [2.05, 4.69) is 27.4 Å². The molecule has 0 aliphatic rings. The predicted molar refractivity (Wildman–Crippen MR) is 68.8 cm³/mol. The number of nitrogens with one attached hydrogen (secondary N) is 1. The van der Waals surface area contributed by atoms with Gasteiger partial charge < -0.3 is 5.32 Å². The maximum Gasteiger partial charge on any atom is 0.148 e. The summed E-state index contributed by atoms with van der Waals surface area (Å²) in [4.78, 5) is 4.07. The van der Waals surface area contributed by atoms with Crippen molar-refractivity contribution in [3.05, 3.63) is 36.2 Å². The Kier molecular flexibility index (Phi) is 3.65. The van der Waals surface area contributed by atoms with Crippen molar-refractivity contribution in [3.63, 3.8) is 0 Å². The molecule has 0 unspecified atom stereocenters. The smallest absolute Gasteiger partial charge is 0.148 e. The summed E-state index contributed by atoms with van der Waals surface area (Å²) >= 11 is 0. The van der Waals surface area contributed by atoms with Crippen LogP contribution >= 0.6 is 0 Å². The fourth-order valence-corrected chi connectivity index (χ4v) is 1.58. The lowest BCUT2D eigenvalue weighted by Crippen LogP contribution is -2.03. The van der Waals surface area contributed by atoms with E-state index in [0.29, 0.717) is 0 Å². The highest BCUT2D eigenvalue weighted by molar-refractivity contribution is 5.62. The van der Waals surface area contributed by atoms with Gasteiger partial charge in [-0.1, -0.05) is 6.92 Å². The van der Waals surface area contributed by atoms with Gasteiger partial charge in [0.15, 0.2) is 0 Å². The molecule has 0 radical (unpaired) electrons. The predicted octanol–water partition coefficient (Wildman–Crippen LogP) is 2.67. The molecule has 0 aromatic carbocycles. The Labute approximate surface area is 101 Å². The molecular weight excluding hydrogens is 212 g/mol. The molecule has 0 aliphatic carbocycles. The minimum absolute atomic E-state index is 0.822. The molecule has 4 nitrogen and oxygen atoms in total. The van der Waals surface area contributed by atoms with Crippen molar-refractivity contribution >= 4 is 5.82 Å². The lowest BCUT2D eigenvalue weighted by Gasteiger charge is -2.05. The number of pyridine rings is 1. The number of hydrogen-bond acceptors (Lipinski definition) is 4. The van der Waals surface area contributed by atoms with Gasteiger partial charge in [-0.3, -0.25) is 4.98 Å². The molecule has 2 aromatic rings. The van der Waals surface area contributed by atoms with Gasteiger partial charge in [-0.05, 0) is 37.1 Å². The number of aromatic nitrogens is 3. The topological polar surface area (TPSA) is 50.7 Å². The van der Waals surface area contributed by atoms with Gasteiger partial charge in [0.05, 0.1) is 5.69 Å². The average molecular weight is 228 g/mol. The third kappa shape index (κ3) is 2.78. The van der Waals surface area contributed by atoms with Crippen LogP contribution in [0.1, 0.15) is 18.9 Å². The van der Waals surface area contributed by atoms with Gasteiger partial charge in [-0.15, -0.1) is 10.2 Å². The number of rotatable bonds is 4. The first kappa shape index (κ1) is 11.5. The summed E-state index contributed by atoms with van der Waals surface area (Å²) in [5.74, 6) is 0.822. The highest BCUT2D eigenvalue weighted by Gasteiger charge is 2.03. The average Bonchev–Trinajstić information content (AvgIpc) is 2.38. The Morgan fingerprint density at radius 3 is 2.71 bits per heavy atom. The molecule has 2 aromatic heterocycles. The van der Waals surface area contributed by atoms with Crippen LogP contribution in [-0.4, -0.2) is 21.7 Å². The summed E-state index contributed by atoms with van der Waals surface area (Å²) in [5, 5.41) is 11.6. The monoisotopic (exact) mass is 228 g/mol. The van der Waals surface area contributed by atoms with Crippen molar-refractivity contribution in [1.29, 1.82) is 0 Å². The molecule has 0 saturated carbocycles. The second kappa shape index (κ2) is 5.39. The van der Waals surface area contributed by atoms with E-state index in [4.69, 9.17) is 0 Å². The zero-order valence-electron chi connectivity index (χ0n) is 10.1. The number of nitrogens with zero attached hydrogens (tertiary/aromatic N) is 3. The summed E-state index contributed by atoms with van der Waals surface area (Å²) in [6.45, 7) is 5.06. The van der Waals surface area contributed by atoms with Gasteiger partial charge >= 0.3 is 0 Å². The van der Waals surface area contributed by atoms with E-state index in [-0.39, 0.29) is 0 Å². The molecule has 0 bridgehead atoms. The Balaban J connectivity index is 2.21. The molecule has 2 heterocycles. The van der Waals surface area contributed by atoms with Crippen molar-refractivity contribution in [1.82, 2.24) is 15.2 Å². The zero-order chi connectivity index (χ0) is 12.1. The van der Waals surface area contributed by atoms with E-state index in [1.165, 1.54) is 0 Å². The van der Waals surface area contributed by atoms with Crippen LogP contribution in [0.15, 0.2) is 30.6 Å². The largest absolute Gasteiger partial charge is 0.369 e. The van der Waals surface area contributed by atoms with Crippen LogP contribution in [-0.2, 0) is 0 Å². The minimum Gasteiger partial charge on any atom is -0.369 e. The Hall–Kier alpha value is -1.97. The second-order valence-electron chi connectivity index (χ2n) is 3.92. The maximum absolute atomic E-state index is 4.22. The van der Waals surface area contributed by atoms with E-state index in [1.807, 2.05) is 31.3 Å². The van der Waals surface area contributed by atoms with Gasteiger partial charge in [0.25, 0.3) is 0 Å². The molecule has 0 amide bonds. The van der Waals surface area contributed by atoms with E-state index < -0.39 is 0 Å². The lowest BCUT2D eigenvalue weighted by atomic mass is 10.1. The minimum atomic E-state index is 0.822. The van der Waals surface area contributed by atoms with Crippen LogP contribution < -0.4 is 5.32 Å². The fraction of sp³-hybridized carbons (Fsp3) is 0.308. The molecule has 4 heteroatoms. The van der Waals surface area contributed by atoms with Crippen LogP contribution in [0, 0.1) is 6.92 Å². The summed E-state index contributed by atoms with van der Waals surface area (Å²) in [6.07, 6.45) is 4.68. The Bertz CT molecular complexity index is 479. The summed E-state index contributed by atoms with van der Waals surface area (Å²) < 4.78 is 0. The van der Waals surface area contributed by atoms with E-state index in [1.54, 1.807) is 6.20 Å². The molecule has 2 rings (SSSR count). The van der Waals surface area contributed by atoms with Crippen molar-refractivity contribution in [2.75, 3.05) is 11.9 Å². The first-order chi connectivity index (χ1) is 8.31. The lowest BCUT2D eigenvalue weighted by molar-refractivity contribution is 0.945. The highest BCUT2D eigenvalue weighted by atomic mass is 15.2. The maximum atomic E-state index is 4.22. The van der Waals surface area contributed by atoms with Crippen molar-refractivity contribution in [2.24, 2.45) is 0 Å². The van der Waals surface area contributed by atoms with Crippen molar-refractivity contribution in [2.45, 2.75) is 20.3 Å². The van der Waals surface area contributed by atoms with Crippen LogP contribution in [0.3, 0.4) is 0 Å². The molecule has 0 aliphatic heterocycles. The molecule has 88 valence electrons. The standard InChI is InChI=1S/C13H16N4/c1-3-7-15-13-5-4-12(16-17-13)11-6-8-14-9-10(11)2/h4-6,8-9H,3,7H2,1-2H3,(H,15,17). The van der Waals surface area contributed by atoms with Crippen LogP contribution in [0.2, 0.25) is 0 Å². The van der Waals surface area contributed by atoms with Crippen LogP contribution in [0.4, 0.5) is 5.82 Å². The summed E-state index contributed by atoms with van der Waals surface area (Å²) in [6, 6.07) is 5.89. The first-order valence-electron chi connectivity index (χ1n) is 5.80. The summed E-state index contributed by atoms with van der Waals surface area (Å²) in [5.41, 5.74) is 3.07. The summed E-state index contributed by atoms with van der Waals surface area (Å²) in [7, 11) is 0. The molecular formula is C13H16N4. The molecule has 0 atom stereocenters. The van der Waals surface area contributed by atoms with Gasteiger partial charge in [0.2, 0.25) is 0 Å². The molecule has 17 heavy (non-hydrogen) atoms. The van der Waals surface area contributed by atoms with Gasteiger partial charge in [0.1, 0.15) is 5.82 Å². The zero-order valence-corrected chi connectivity index (χ0v) is 10.1. The molecule has 1 N–H and O–H groups in total. The second-order valence-corrected chi connectivity index (χ2v) is 3.92. The van der Waals surface area contributed by atoms with Crippen LogP contribution in [0.5, 0.6) is 0 Å². The molecule has 0 saturated heterocycles. The van der Waals surface area contributed by atoms with E-state index >= 15 is 0 Å². The first-order valence-corrected chi connectivity index (χ1v) is 5.80. The molecule has 0 fully saturated rings. The normalized spacial score (nSPS) is 10.2.